The first-order valence-electron chi connectivity index (χ1n) is 7.92. The number of ether oxygens (including phenoxy) is 1. The minimum atomic E-state index is -0.436. The molecule has 0 bridgehead atoms. The molecule has 4 heterocycles. The highest BCUT2D eigenvalue weighted by atomic mass is 32.1. The SMILES string of the molecule is CCOc1nc(-c2ccnc(NC(=O)c3ccno3)c2)sc1-c1ncn[nH]1. The summed E-state index contributed by atoms with van der Waals surface area (Å²) in [5.74, 6) is 1.08. The Bertz CT molecular complexity index is 1040. The minimum absolute atomic E-state index is 0.0997. The zero-order valence-corrected chi connectivity index (χ0v) is 14.9. The molecule has 0 aromatic carbocycles. The predicted molar refractivity (Wildman–Crippen MR) is 96.3 cm³/mol. The fourth-order valence-electron chi connectivity index (χ4n) is 2.27. The third kappa shape index (κ3) is 3.53. The number of nitrogens with zero attached hydrogens (tertiary/aromatic N) is 5. The van der Waals surface area contributed by atoms with Crippen molar-refractivity contribution in [3.05, 3.63) is 42.7 Å². The molecule has 0 unspecified atom stereocenters. The number of hydrogen-bond acceptors (Lipinski definition) is 9. The van der Waals surface area contributed by atoms with E-state index in [-0.39, 0.29) is 5.76 Å². The van der Waals surface area contributed by atoms with Crippen molar-refractivity contribution in [1.82, 2.24) is 30.3 Å². The number of anilines is 1. The van der Waals surface area contributed by atoms with Gasteiger partial charge in [0, 0.05) is 17.8 Å². The molecule has 0 saturated carbocycles. The number of aromatic amines is 1. The second-order valence-electron chi connectivity index (χ2n) is 5.18. The molecule has 11 heteroatoms. The molecule has 27 heavy (non-hydrogen) atoms. The van der Waals surface area contributed by atoms with Crippen molar-refractivity contribution in [2.75, 3.05) is 11.9 Å². The number of H-pyrrole nitrogens is 1. The van der Waals surface area contributed by atoms with Gasteiger partial charge < -0.3 is 14.6 Å². The first-order chi connectivity index (χ1) is 13.2. The number of thiazole rings is 1. The Balaban J connectivity index is 1.64. The maximum absolute atomic E-state index is 12.1. The van der Waals surface area contributed by atoms with Gasteiger partial charge in [0.15, 0.2) is 5.82 Å². The molecule has 136 valence electrons. The van der Waals surface area contributed by atoms with Crippen molar-refractivity contribution in [1.29, 1.82) is 0 Å². The van der Waals surface area contributed by atoms with Crippen LogP contribution < -0.4 is 10.1 Å². The molecule has 10 nitrogen and oxygen atoms in total. The lowest BCUT2D eigenvalue weighted by molar-refractivity contribution is 0.0987. The van der Waals surface area contributed by atoms with Crippen LogP contribution in [-0.2, 0) is 0 Å². The van der Waals surface area contributed by atoms with Crippen molar-refractivity contribution >= 4 is 23.1 Å². The molecule has 1 amide bonds. The molecule has 0 atom stereocenters. The summed E-state index contributed by atoms with van der Waals surface area (Å²) in [7, 11) is 0. The summed E-state index contributed by atoms with van der Waals surface area (Å²) in [4.78, 5) is 25.7. The summed E-state index contributed by atoms with van der Waals surface area (Å²) in [6.07, 6.45) is 4.41. The molecule has 0 aliphatic rings. The first kappa shape index (κ1) is 16.8. The van der Waals surface area contributed by atoms with Gasteiger partial charge in [-0.1, -0.05) is 5.16 Å². The highest BCUT2D eigenvalue weighted by Crippen LogP contribution is 2.38. The molecular weight excluding hydrogens is 370 g/mol. The number of hydrogen-bond donors (Lipinski definition) is 2. The van der Waals surface area contributed by atoms with E-state index in [2.05, 4.69) is 35.6 Å². The Morgan fingerprint density at radius 1 is 1.33 bits per heavy atom. The third-order valence-corrected chi connectivity index (χ3v) is 4.51. The van der Waals surface area contributed by atoms with E-state index in [9.17, 15) is 4.79 Å². The maximum Gasteiger partial charge on any atom is 0.295 e. The zero-order chi connectivity index (χ0) is 18.6. The topological polar surface area (TPSA) is 132 Å². The Morgan fingerprint density at radius 2 is 2.26 bits per heavy atom. The Kier molecular flexibility index (Phi) is 4.58. The van der Waals surface area contributed by atoms with Crippen LogP contribution in [0.5, 0.6) is 5.88 Å². The second kappa shape index (κ2) is 7.33. The molecule has 0 fully saturated rings. The molecule has 4 rings (SSSR count). The Labute approximate surface area is 156 Å². The average Bonchev–Trinajstić information content (AvgIpc) is 3.43. The van der Waals surface area contributed by atoms with Gasteiger partial charge in [-0.25, -0.2) is 15.0 Å². The van der Waals surface area contributed by atoms with Gasteiger partial charge in [-0.15, -0.1) is 11.3 Å². The molecule has 4 aromatic rings. The van der Waals surface area contributed by atoms with Crippen LogP contribution in [0.3, 0.4) is 0 Å². The average molecular weight is 383 g/mol. The van der Waals surface area contributed by atoms with Crippen molar-refractivity contribution in [3.63, 3.8) is 0 Å². The van der Waals surface area contributed by atoms with Crippen LogP contribution in [0.15, 0.2) is 41.4 Å². The largest absolute Gasteiger partial charge is 0.477 e. The van der Waals surface area contributed by atoms with E-state index in [4.69, 9.17) is 9.26 Å². The number of aromatic nitrogens is 6. The lowest BCUT2D eigenvalue weighted by Gasteiger charge is -2.03. The smallest absolute Gasteiger partial charge is 0.295 e. The van der Waals surface area contributed by atoms with Crippen LogP contribution in [0.25, 0.3) is 21.3 Å². The second-order valence-corrected chi connectivity index (χ2v) is 6.18. The fraction of sp³-hybridized carbons (Fsp3) is 0.125. The summed E-state index contributed by atoms with van der Waals surface area (Å²) in [6.45, 7) is 2.35. The molecule has 4 aromatic heterocycles. The van der Waals surface area contributed by atoms with Crippen LogP contribution >= 0.6 is 11.3 Å². The van der Waals surface area contributed by atoms with Gasteiger partial charge in [-0.2, -0.15) is 5.10 Å². The van der Waals surface area contributed by atoms with Crippen LogP contribution in [0.4, 0.5) is 5.82 Å². The molecular formula is C16H13N7O3S. The minimum Gasteiger partial charge on any atom is -0.477 e. The molecule has 0 radical (unpaired) electrons. The van der Waals surface area contributed by atoms with Crippen molar-refractivity contribution in [2.24, 2.45) is 0 Å². The molecule has 0 aliphatic heterocycles. The molecule has 2 N–H and O–H groups in total. The fourth-order valence-corrected chi connectivity index (χ4v) is 3.23. The molecule has 0 saturated heterocycles. The number of rotatable bonds is 6. The van der Waals surface area contributed by atoms with E-state index in [1.54, 1.807) is 18.3 Å². The zero-order valence-electron chi connectivity index (χ0n) is 14.0. The number of amides is 1. The van der Waals surface area contributed by atoms with Gasteiger partial charge in [0.1, 0.15) is 22.0 Å². The van der Waals surface area contributed by atoms with Gasteiger partial charge in [0.05, 0.1) is 12.8 Å². The monoisotopic (exact) mass is 383 g/mol. The van der Waals surface area contributed by atoms with Gasteiger partial charge in [-0.3, -0.25) is 9.89 Å². The van der Waals surface area contributed by atoms with E-state index in [1.165, 1.54) is 29.9 Å². The number of carbonyl (C=O) groups excluding carboxylic acids is 1. The molecule has 0 spiro atoms. The first-order valence-corrected chi connectivity index (χ1v) is 8.74. The highest BCUT2D eigenvalue weighted by Gasteiger charge is 2.18. The number of pyridine rings is 1. The van der Waals surface area contributed by atoms with Crippen molar-refractivity contribution < 1.29 is 14.1 Å². The normalized spacial score (nSPS) is 10.7. The van der Waals surface area contributed by atoms with Gasteiger partial charge in [0.25, 0.3) is 5.91 Å². The predicted octanol–water partition coefficient (Wildman–Crippen LogP) is 2.63. The summed E-state index contributed by atoms with van der Waals surface area (Å²) in [5.41, 5.74) is 0.773. The van der Waals surface area contributed by atoms with Crippen LogP contribution in [0, 0.1) is 0 Å². The van der Waals surface area contributed by atoms with Gasteiger partial charge in [-0.05, 0) is 19.1 Å². The Hall–Kier alpha value is -3.60. The number of carbonyl (C=O) groups is 1. The highest BCUT2D eigenvalue weighted by molar-refractivity contribution is 7.18. The van der Waals surface area contributed by atoms with E-state index in [0.717, 1.165) is 10.4 Å². The van der Waals surface area contributed by atoms with E-state index in [0.29, 0.717) is 29.1 Å². The third-order valence-electron chi connectivity index (χ3n) is 3.42. The van der Waals surface area contributed by atoms with Crippen LogP contribution in [0.2, 0.25) is 0 Å². The van der Waals surface area contributed by atoms with E-state index in [1.807, 2.05) is 6.92 Å². The summed E-state index contributed by atoms with van der Waals surface area (Å²) in [5, 5.41) is 13.6. The summed E-state index contributed by atoms with van der Waals surface area (Å²) >= 11 is 1.40. The van der Waals surface area contributed by atoms with Crippen molar-refractivity contribution in [2.45, 2.75) is 6.92 Å². The van der Waals surface area contributed by atoms with Crippen LogP contribution in [0.1, 0.15) is 17.5 Å². The van der Waals surface area contributed by atoms with E-state index < -0.39 is 5.91 Å². The van der Waals surface area contributed by atoms with Gasteiger partial charge >= 0.3 is 0 Å². The maximum atomic E-state index is 12.1. The Morgan fingerprint density at radius 3 is 3.00 bits per heavy atom. The van der Waals surface area contributed by atoms with Gasteiger partial charge in [0.2, 0.25) is 11.6 Å². The van der Waals surface area contributed by atoms with E-state index >= 15 is 0 Å². The van der Waals surface area contributed by atoms with Crippen molar-refractivity contribution in [3.8, 4) is 27.2 Å². The lowest BCUT2D eigenvalue weighted by Crippen LogP contribution is -2.11. The number of nitrogens with one attached hydrogen (secondary N) is 2. The quantitative estimate of drug-likeness (QED) is 0.519. The van der Waals surface area contributed by atoms with Crippen LogP contribution in [-0.4, -0.2) is 42.8 Å². The summed E-state index contributed by atoms with van der Waals surface area (Å²) in [6, 6.07) is 4.98. The summed E-state index contributed by atoms with van der Waals surface area (Å²) < 4.78 is 10.5. The lowest BCUT2D eigenvalue weighted by atomic mass is 10.2. The standard InChI is InChI=1S/C16H13N7O3S/c1-2-25-15-12(13-18-8-19-23-13)27-16(22-15)9-3-5-17-11(7-9)21-14(24)10-4-6-20-26-10/h3-8H,2H2,1H3,(H,17,21,24)(H,18,19,23). The molecule has 0 aliphatic carbocycles.